The Morgan fingerprint density at radius 1 is 1.25 bits per heavy atom. The van der Waals surface area contributed by atoms with E-state index in [0.717, 1.165) is 37.6 Å². The third-order valence-corrected chi connectivity index (χ3v) is 4.26. The normalized spacial score (nSPS) is 14.6. The van der Waals surface area contributed by atoms with Gasteiger partial charge >= 0.3 is 5.97 Å². The Hall–Kier alpha value is -2.60. The molecule has 0 saturated carbocycles. The van der Waals surface area contributed by atoms with Crippen molar-refractivity contribution in [1.82, 2.24) is 4.98 Å². The van der Waals surface area contributed by atoms with Crippen molar-refractivity contribution in [1.29, 1.82) is 0 Å². The Morgan fingerprint density at radius 3 is 2.50 bits per heavy atom. The fourth-order valence-corrected chi connectivity index (χ4v) is 2.96. The maximum absolute atomic E-state index is 12.1. The Bertz CT molecular complexity index is 790. The summed E-state index contributed by atoms with van der Waals surface area (Å²) in [6, 6.07) is 9.64. The molecule has 1 fully saturated rings. The van der Waals surface area contributed by atoms with Crippen LogP contribution in [0.4, 0.5) is 5.69 Å². The van der Waals surface area contributed by atoms with E-state index >= 15 is 0 Å². The first kappa shape index (κ1) is 16.3. The average Bonchev–Trinajstić information content (AvgIpc) is 2.61. The third-order valence-electron chi connectivity index (χ3n) is 4.26. The van der Waals surface area contributed by atoms with E-state index in [9.17, 15) is 14.7 Å². The predicted octanol–water partition coefficient (Wildman–Crippen LogP) is 2.14. The van der Waals surface area contributed by atoms with Crippen molar-refractivity contribution >= 4 is 11.7 Å². The lowest BCUT2D eigenvalue weighted by Crippen LogP contribution is -2.36. The molecule has 1 aliphatic rings. The molecule has 0 amide bonds. The quantitative estimate of drug-likeness (QED) is 0.898. The van der Waals surface area contributed by atoms with E-state index < -0.39 is 11.5 Å². The van der Waals surface area contributed by atoms with Gasteiger partial charge < -0.3 is 19.7 Å². The monoisotopic (exact) mass is 328 g/mol. The largest absolute Gasteiger partial charge is 0.477 e. The smallest absolute Gasteiger partial charge is 0.341 e. The van der Waals surface area contributed by atoms with Crippen molar-refractivity contribution in [3.05, 3.63) is 51.8 Å². The molecule has 0 aliphatic carbocycles. The second kappa shape index (κ2) is 6.88. The number of nitrogens with zero attached hydrogens (tertiary/aromatic N) is 1. The molecule has 0 radical (unpaired) electrons. The topological polar surface area (TPSA) is 82.6 Å². The second-order valence-corrected chi connectivity index (χ2v) is 5.72. The van der Waals surface area contributed by atoms with E-state index in [0.29, 0.717) is 17.7 Å². The number of rotatable bonds is 4. The van der Waals surface area contributed by atoms with E-state index in [4.69, 9.17) is 4.74 Å². The Labute approximate surface area is 139 Å². The number of aryl methyl sites for hydroxylation is 1. The SMILES string of the molecule is CCc1cc(-c2ccc(N3CCOCC3)cc2)[nH]c(=O)c1C(=O)O. The fraction of sp³-hybridized carbons (Fsp3) is 0.333. The Kier molecular flexibility index (Phi) is 4.66. The van der Waals surface area contributed by atoms with Gasteiger partial charge in [-0.3, -0.25) is 4.79 Å². The molecule has 1 aromatic carbocycles. The van der Waals surface area contributed by atoms with Crippen molar-refractivity contribution in [2.24, 2.45) is 0 Å². The molecule has 24 heavy (non-hydrogen) atoms. The molecular formula is C18H20N2O4. The Morgan fingerprint density at radius 2 is 1.92 bits per heavy atom. The van der Waals surface area contributed by atoms with Crippen LogP contribution in [0.5, 0.6) is 0 Å². The van der Waals surface area contributed by atoms with Crippen molar-refractivity contribution < 1.29 is 14.6 Å². The summed E-state index contributed by atoms with van der Waals surface area (Å²) in [5.41, 5.74) is 2.41. The number of carboxylic acid groups (broad SMARTS) is 1. The molecule has 6 nitrogen and oxygen atoms in total. The molecule has 0 bridgehead atoms. The molecule has 1 saturated heterocycles. The van der Waals surface area contributed by atoms with Gasteiger partial charge in [-0.15, -0.1) is 0 Å². The number of hydrogen-bond acceptors (Lipinski definition) is 4. The van der Waals surface area contributed by atoms with Gasteiger partial charge in [0.2, 0.25) is 0 Å². The molecule has 2 aromatic rings. The van der Waals surface area contributed by atoms with Crippen molar-refractivity contribution in [2.45, 2.75) is 13.3 Å². The van der Waals surface area contributed by atoms with Crippen LogP contribution in [0.3, 0.4) is 0 Å². The van der Waals surface area contributed by atoms with Crippen LogP contribution in [0.2, 0.25) is 0 Å². The highest BCUT2D eigenvalue weighted by atomic mass is 16.5. The molecule has 3 rings (SSSR count). The highest BCUT2D eigenvalue weighted by Gasteiger charge is 2.16. The standard InChI is InChI=1S/C18H20N2O4/c1-2-12-11-15(19-17(21)16(12)18(22)23)13-3-5-14(6-4-13)20-7-9-24-10-8-20/h3-6,11H,2,7-10H2,1H3,(H,19,21)(H,22,23). The van der Waals surface area contributed by atoms with Crippen LogP contribution in [0.25, 0.3) is 11.3 Å². The number of aromatic carboxylic acids is 1. The summed E-state index contributed by atoms with van der Waals surface area (Å²) in [6.45, 7) is 5.02. The molecule has 126 valence electrons. The molecule has 2 N–H and O–H groups in total. The lowest BCUT2D eigenvalue weighted by atomic mass is 10.0. The summed E-state index contributed by atoms with van der Waals surface area (Å²) in [5, 5.41) is 9.18. The molecular weight excluding hydrogens is 308 g/mol. The van der Waals surface area contributed by atoms with Gasteiger partial charge in [-0.25, -0.2) is 4.79 Å². The van der Waals surface area contributed by atoms with E-state index in [2.05, 4.69) is 9.88 Å². The summed E-state index contributed by atoms with van der Waals surface area (Å²) in [4.78, 5) is 28.3. The van der Waals surface area contributed by atoms with Crippen LogP contribution in [-0.4, -0.2) is 42.4 Å². The van der Waals surface area contributed by atoms with Gasteiger partial charge in [0.1, 0.15) is 5.56 Å². The summed E-state index contributed by atoms with van der Waals surface area (Å²) in [7, 11) is 0. The van der Waals surface area contributed by atoms with E-state index in [-0.39, 0.29) is 5.56 Å². The molecule has 2 heterocycles. The number of carboxylic acids is 1. The summed E-state index contributed by atoms with van der Waals surface area (Å²) >= 11 is 0. The number of morpholine rings is 1. The summed E-state index contributed by atoms with van der Waals surface area (Å²) in [5.74, 6) is -1.19. The van der Waals surface area contributed by atoms with Gasteiger partial charge in [-0.1, -0.05) is 19.1 Å². The van der Waals surface area contributed by atoms with E-state index in [1.807, 2.05) is 31.2 Å². The number of nitrogens with one attached hydrogen (secondary N) is 1. The number of H-pyrrole nitrogens is 1. The molecule has 1 aliphatic heterocycles. The van der Waals surface area contributed by atoms with Gasteiger partial charge in [-0.05, 0) is 35.7 Å². The third kappa shape index (κ3) is 3.19. The van der Waals surface area contributed by atoms with Gasteiger partial charge in [0, 0.05) is 24.5 Å². The van der Waals surface area contributed by atoms with Gasteiger partial charge in [0.05, 0.1) is 13.2 Å². The number of benzene rings is 1. The maximum Gasteiger partial charge on any atom is 0.341 e. The van der Waals surface area contributed by atoms with Crippen LogP contribution >= 0.6 is 0 Å². The first-order valence-corrected chi connectivity index (χ1v) is 8.02. The zero-order chi connectivity index (χ0) is 17.1. The highest BCUT2D eigenvalue weighted by Crippen LogP contribution is 2.23. The lowest BCUT2D eigenvalue weighted by molar-refractivity contribution is 0.0694. The second-order valence-electron chi connectivity index (χ2n) is 5.72. The molecule has 1 aromatic heterocycles. The van der Waals surface area contributed by atoms with E-state index in [1.54, 1.807) is 6.07 Å². The van der Waals surface area contributed by atoms with Crippen molar-refractivity contribution in [3.63, 3.8) is 0 Å². The van der Waals surface area contributed by atoms with Crippen LogP contribution in [0.15, 0.2) is 35.1 Å². The summed E-state index contributed by atoms with van der Waals surface area (Å²) < 4.78 is 5.35. The van der Waals surface area contributed by atoms with Crippen LogP contribution < -0.4 is 10.5 Å². The molecule has 0 spiro atoms. The Balaban J connectivity index is 1.93. The number of pyridine rings is 1. The number of aromatic nitrogens is 1. The first-order chi connectivity index (χ1) is 11.6. The number of hydrogen-bond donors (Lipinski definition) is 2. The minimum absolute atomic E-state index is 0.175. The minimum Gasteiger partial charge on any atom is -0.477 e. The number of carbonyl (C=O) groups is 1. The summed E-state index contributed by atoms with van der Waals surface area (Å²) in [6.07, 6.45) is 0.490. The zero-order valence-corrected chi connectivity index (χ0v) is 13.5. The maximum atomic E-state index is 12.1. The van der Waals surface area contributed by atoms with Crippen LogP contribution in [-0.2, 0) is 11.2 Å². The van der Waals surface area contributed by atoms with Crippen molar-refractivity contribution in [3.8, 4) is 11.3 Å². The van der Waals surface area contributed by atoms with Gasteiger partial charge in [0.15, 0.2) is 0 Å². The molecule has 0 atom stereocenters. The van der Waals surface area contributed by atoms with Gasteiger partial charge in [-0.2, -0.15) is 0 Å². The zero-order valence-electron chi connectivity index (χ0n) is 13.5. The van der Waals surface area contributed by atoms with Crippen molar-refractivity contribution in [2.75, 3.05) is 31.2 Å². The predicted molar refractivity (Wildman–Crippen MR) is 91.9 cm³/mol. The number of aromatic amines is 1. The first-order valence-electron chi connectivity index (χ1n) is 8.02. The number of anilines is 1. The average molecular weight is 328 g/mol. The van der Waals surface area contributed by atoms with E-state index in [1.165, 1.54) is 0 Å². The molecule has 0 unspecified atom stereocenters. The van der Waals surface area contributed by atoms with Gasteiger partial charge in [0.25, 0.3) is 5.56 Å². The lowest BCUT2D eigenvalue weighted by Gasteiger charge is -2.28. The highest BCUT2D eigenvalue weighted by molar-refractivity contribution is 5.89. The van der Waals surface area contributed by atoms with Crippen LogP contribution in [0, 0.1) is 0 Å². The number of ether oxygens (including phenoxy) is 1. The fourth-order valence-electron chi connectivity index (χ4n) is 2.96. The molecule has 6 heteroatoms. The van der Waals surface area contributed by atoms with Crippen LogP contribution in [0.1, 0.15) is 22.8 Å². The minimum atomic E-state index is -1.19.